The molecule has 0 aromatic carbocycles. The highest BCUT2D eigenvalue weighted by Gasteiger charge is 2.16. The molecule has 2 atom stereocenters. The van der Waals surface area contributed by atoms with E-state index < -0.39 is 0 Å². The summed E-state index contributed by atoms with van der Waals surface area (Å²) in [4.78, 5) is 11.5. The van der Waals surface area contributed by atoms with Crippen LogP contribution in [-0.2, 0) is 4.79 Å². The van der Waals surface area contributed by atoms with Crippen molar-refractivity contribution in [2.24, 2.45) is 0 Å². The van der Waals surface area contributed by atoms with Crippen molar-refractivity contribution in [3.8, 4) is 0 Å². The number of aliphatic hydroxyl groups excluding tert-OH is 1. The maximum Gasteiger partial charge on any atom is 0.220 e. The standard InChI is InChI=1S/C11H23NO2S/c1-4-5-6-7-11(14)12-9(2)10(8-13)15-3/h9-10,13H,4-8H2,1-3H3,(H,12,14). The molecule has 0 bridgehead atoms. The Balaban J connectivity index is 3.74. The van der Waals surface area contributed by atoms with Crippen molar-refractivity contribution in [1.29, 1.82) is 0 Å². The lowest BCUT2D eigenvalue weighted by Gasteiger charge is -2.21. The fraction of sp³-hybridized carbons (Fsp3) is 0.909. The summed E-state index contributed by atoms with van der Waals surface area (Å²) in [7, 11) is 0. The van der Waals surface area contributed by atoms with Crippen molar-refractivity contribution in [1.82, 2.24) is 5.32 Å². The van der Waals surface area contributed by atoms with Gasteiger partial charge in [-0.25, -0.2) is 0 Å². The third-order valence-electron chi connectivity index (χ3n) is 2.44. The zero-order valence-electron chi connectivity index (χ0n) is 9.95. The summed E-state index contributed by atoms with van der Waals surface area (Å²) in [6, 6.07) is 0.0409. The zero-order valence-corrected chi connectivity index (χ0v) is 10.8. The van der Waals surface area contributed by atoms with Crippen LogP contribution in [0.2, 0.25) is 0 Å². The summed E-state index contributed by atoms with van der Waals surface area (Å²) >= 11 is 1.58. The summed E-state index contributed by atoms with van der Waals surface area (Å²) in [5.74, 6) is 0.100. The van der Waals surface area contributed by atoms with E-state index in [2.05, 4.69) is 12.2 Å². The molecule has 0 saturated carbocycles. The number of hydrogen-bond acceptors (Lipinski definition) is 3. The first-order chi connectivity index (χ1) is 7.15. The van der Waals surface area contributed by atoms with Crippen LogP contribution in [0.5, 0.6) is 0 Å². The average molecular weight is 233 g/mol. The monoisotopic (exact) mass is 233 g/mol. The van der Waals surface area contributed by atoms with Gasteiger partial charge in [0, 0.05) is 17.7 Å². The van der Waals surface area contributed by atoms with E-state index in [1.807, 2.05) is 13.2 Å². The number of amides is 1. The minimum atomic E-state index is 0.0409. The van der Waals surface area contributed by atoms with Crippen LogP contribution in [0.25, 0.3) is 0 Å². The molecule has 15 heavy (non-hydrogen) atoms. The number of nitrogens with one attached hydrogen (secondary N) is 1. The molecule has 0 fully saturated rings. The van der Waals surface area contributed by atoms with Crippen molar-refractivity contribution in [2.75, 3.05) is 12.9 Å². The van der Waals surface area contributed by atoms with Gasteiger partial charge in [0.2, 0.25) is 5.91 Å². The third-order valence-corrected chi connectivity index (χ3v) is 3.60. The molecule has 0 rings (SSSR count). The molecule has 0 aromatic rings. The number of carbonyl (C=O) groups is 1. The number of hydrogen-bond donors (Lipinski definition) is 2. The second-order valence-corrected chi connectivity index (χ2v) is 4.85. The second kappa shape index (κ2) is 9.04. The van der Waals surface area contributed by atoms with Gasteiger partial charge in [-0.1, -0.05) is 19.8 Å². The first-order valence-corrected chi connectivity index (χ1v) is 6.87. The van der Waals surface area contributed by atoms with E-state index in [4.69, 9.17) is 5.11 Å². The van der Waals surface area contributed by atoms with Crippen LogP contribution in [0.4, 0.5) is 0 Å². The topological polar surface area (TPSA) is 49.3 Å². The Morgan fingerprint density at radius 3 is 2.60 bits per heavy atom. The van der Waals surface area contributed by atoms with Crippen molar-refractivity contribution in [2.45, 2.75) is 50.8 Å². The molecule has 0 heterocycles. The quantitative estimate of drug-likeness (QED) is 0.628. The van der Waals surface area contributed by atoms with E-state index in [9.17, 15) is 4.79 Å². The molecule has 0 radical (unpaired) electrons. The summed E-state index contributed by atoms with van der Waals surface area (Å²) in [5, 5.41) is 12.1. The van der Waals surface area contributed by atoms with Crippen LogP contribution in [0, 0.1) is 0 Å². The summed E-state index contributed by atoms with van der Waals surface area (Å²) in [5.41, 5.74) is 0. The molecule has 4 heteroatoms. The largest absolute Gasteiger partial charge is 0.395 e. The Bertz CT molecular complexity index is 172. The maximum atomic E-state index is 11.5. The first kappa shape index (κ1) is 14.8. The fourth-order valence-corrected chi connectivity index (χ4v) is 2.02. The minimum Gasteiger partial charge on any atom is -0.395 e. The molecule has 0 aliphatic heterocycles. The van der Waals surface area contributed by atoms with Crippen LogP contribution in [0.1, 0.15) is 39.5 Å². The molecule has 3 nitrogen and oxygen atoms in total. The lowest BCUT2D eigenvalue weighted by molar-refractivity contribution is -0.121. The molecular weight excluding hydrogens is 210 g/mol. The van der Waals surface area contributed by atoms with Crippen LogP contribution in [0.15, 0.2) is 0 Å². The number of rotatable bonds is 8. The summed E-state index contributed by atoms with van der Waals surface area (Å²) < 4.78 is 0. The van der Waals surface area contributed by atoms with Crippen molar-refractivity contribution < 1.29 is 9.90 Å². The number of carbonyl (C=O) groups excluding carboxylic acids is 1. The Kier molecular flexibility index (Phi) is 8.91. The lowest BCUT2D eigenvalue weighted by Crippen LogP contribution is -2.41. The average Bonchev–Trinajstić information content (AvgIpc) is 2.20. The minimum absolute atomic E-state index is 0.0409. The van der Waals surface area contributed by atoms with Gasteiger partial charge in [0.25, 0.3) is 0 Å². The summed E-state index contributed by atoms with van der Waals surface area (Å²) in [6.07, 6.45) is 5.74. The van der Waals surface area contributed by atoms with Gasteiger partial charge in [0.1, 0.15) is 0 Å². The van der Waals surface area contributed by atoms with Crippen LogP contribution in [0.3, 0.4) is 0 Å². The van der Waals surface area contributed by atoms with Gasteiger partial charge < -0.3 is 10.4 Å². The third kappa shape index (κ3) is 6.79. The van der Waals surface area contributed by atoms with Gasteiger partial charge in [-0.15, -0.1) is 0 Å². The Hall–Kier alpha value is -0.220. The van der Waals surface area contributed by atoms with Crippen molar-refractivity contribution in [3.63, 3.8) is 0 Å². The van der Waals surface area contributed by atoms with Crippen LogP contribution < -0.4 is 5.32 Å². The highest BCUT2D eigenvalue weighted by atomic mass is 32.2. The maximum absolute atomic E-state index is 11.5. The van der Waals surface area contributed by atoms with Gasteiger partial charge in [-0.3, -0.25) is 4.79 Å². The van der Waals surface area contributed by atoms with E-state index >= 15 is 0 Å². The molecule has 2 N–H and O–H groups in total. The highest BCUT2D eigenvalue weighted by Crippen LogP contribution is 2.10. The predicted octanol–water partition coefficient (Wildman–Crippen LogP) is 1.80. The van der Waals surface area contributed by atoms with Crippen molar-refractivity contribution in [3.05, 3.63) is 0 Å². The zero-order chi connectivity index (χ0) is 11.7. The molecule has 2 unspecified atom stereocenters. The number of unbranched alkanes of at least 4 members (excludes halogenated alkanes) is 2. The smallest absolute Gasteiger partial charge is 0.220 e. The normalized spacial score (nSPS) is 14.7. The number of thioether (sulfide) groups is 1. The van der Waals surface area contributed by atoms with Gasteiger partial charge in [-0.05, 0) is 19.6 Å². The van der Waals surface area contributed by atoms with E-state index in [-0.39, 0.29) is 23.8 Å². The van der Waals surface area contributed by atoms with Crippen LogP contribution >= 0.6 is 11.8 Å². The fourth-order valence-electron chi connectivity index (χ4n) is 1.39. The predicted molar refractivity (Wildman–Crippen MR) is 66.1 cm³/mol. The molecule has 0 aliphatic rings. The molecule has 90 valence electrons. The Labute approximate surface area is 97.0 Å². The van der Waals surface area contributed by atoms with Gasteiger partial charge in [-0.2, -0.15) is 11.8 Å². The Morgan fingerprint density at radius 2 is 2.13 bits per heavy atom. The Morgan fingerprint density at radius 1 is 1.47 bits per heavy atom. The summed E-state index contributed by atoms with van der Waals surface area (Å²) in [6.45, 7) is 4.17. The van der Waals surface area contributed by atoms with E-state index in [0.717, 1.165) is 19.3 Å². The number of aliphatic hydroxyl groups is 1. The molecule has 0 aliphatic carbocycles. The lowest BCUT2D eigenvalue weighted by atomic mass is 10.2. The van der Waals surface area contributed by atoms with Gasteiger partial charge in [0.15, 0.2) is 0 Å². The molecule has 0 saturated heterocycles. The van der Waals surface area contributed by atoms with Gasteiger partial charge >= 0.3 is 0 Å². The molecule has 1 amide bonds. The molecule has 0 aromatic heterocycles. The van der Waals surface area contributed by atoms with Crippen molar-refractivity contribution >= 4 is 17.7 Å². The molecule has 0 spiro atoms. The second-order valence-electron chi connectivity index (χ2n) is 3.77. The highest BCUT2D eigenvalue weighted by molar-refractivity contribution is 7.99. The van der Waals surface area contributed by atoms with E-state index in [0.29, 0.717) is 6.42 Å². The van der Waals surface area contributed by atoms with Crippen LogP contribution in [-0.4, -0.2) is 35.2 Å². The first-order valence-electron chi connectivity index (χ1n) is 5.58. The molecular formula is C11H23NO2S. The van der Waals surface area contributed by atoms with E-state index in [1.54, 1.807) is 11.8 Å². The SMILES string of the molecule is CCCCCC(=O)NC(C)C(CO)SC. The van der Waals surface area contributed by atoms with Gasteiger partial charge in [0.05, 0.1) is 6.61 Å². The van der Waals surface area contributed by atoms with E-state index in [1.165, 1.54) is 0 Å².